The van der Waals surface area contributed by atoms with Crippen LogP contribution in [0.3, 0.4) is 0 Å². The lowest BCUT2D eigenvalue weighted by molar-refractivity contribution is 0.0885. The van der Waals surface area contributed by atoms with Gasteiger partial charge >= 0.3 is 0 Å². The molecular formula is C25H36N6O3. The molecule has 0 aliphatic carbocycles. The Balaban J connectivity index is 1.67. The molecule has 2 N–H and O–H groups in total. The van der Waals surface area contributed by atoms with E-state index in [2.05, 4.69) is 45.3 Å². The van der Waals surface area contributed by atoms with Crippen molar-refractivity contribution in [3.8, 4) is 0 Å². The number of benzene rings is 1. The molecule has 1 aliphatic rings. The Kier molecular flexibility index (Phi) is 8.07. The quantitative estimate of drug-likeness (QED) is 0.445. The highest BCUT2D eigenvalue weighted by Gasteiger charge is 2.28. The Hall–Kier alpha value is -2.62. The first kappa shape index (κ1) is 24.5. The predicted octanol–water partition coefficient (Wildman–Crippen LogP) is 3.04. The van der Waals surface area contributed by atoms with Crippen molar-refractivity contribution in [2.45, 2.75) is 78.1 Å². The summed E-state index contributed by atoms with van der Waals surface area (Å²) in [5, 5.41) is 23.3. The Morgan fingerprint density at radius 2 is 2.15 bits per heavy atom. The smallest absolute Gasteiger partial charge is 0.252 e. The number of aromatic amines is 1. The molecule has 1 saturated heterocycles. The van der Waals surface area contributed by atoms with E-state index in [1.165, 1.54) is 0 Å². The maximum Gasteiger partial charge on any atom is 0.252 e. The van der Waals surface area contributed by atoms with Gasteiger partial charge in [-0.2, -0.15) is 0 Å². The van der Waals surface area contributed by atoms with Gasteiger partial charge in [-0.1, -0.05) is 25.5 Å². The Morgan fingerprint density at radius 3 is 2.88 bits per heavy atom. The van der Waals surface area contributed by atoms with Crippen LogP contribution in [0, 0.1) is 13.8 Å². The van der Waals surface area contributed by atoms with Gasteiger partial charge in [0, 0.05) is 37.3 Å². The maximum absolute atomic E-state index is 13.1. The third-order valence-corrected chi connectivity index (χ3v) is 6.76. The first-order valence-corrected chi connectivity index (χ1v) is 12.4. The first-order valence-electron chi connectivity index (χ1n) is 12.4. The molecular weight excluding hydrogens is 432 g/mol. The molecule has 3 aromatic rings. The zero-order chi connectivity index (χ0) is 24.1. The lowest BCUT2D eigenvalue weighted by Crippen LogP contribution is -2.34. The third kappa shape index (κ3) is 5.37. The number of aryl methyl sites for hydroxylation is 2. The molecule has 3 heterocycles. The molecule has 9 heteroatoms. The Morgan fingerprint density at radius 1 is 1.32 bits per heavy atom. The van der Waals surface area contributed by atoms with E-state index in [1.807, 2.05) is 23.7 Å². The summed E-state index contributed by atoms with van der Waals surface area (Å²) in [6.07, 6.45) is 4.60. The second-order valence-electron chi connectivity index (χ2n) is 9.32. The topological polar surface area (TPSA) is 109 Å². The van der Waals surface area contributed by atoms with Gasteiger partial charge in [-0.05, 0) is 67.2 Å². The van der Waals surface area contributed by atoms with Crippen LogP contribution >= 0.6 is 0 Å². The van der Waals surface area contributed by atoms with Crippen molar-refractivity contribution in [3.05, 3.63) is 51.1 Å². The third-order valence-electron chi connectivity index (χ3n) is 6.76. The van der Waals surface area contributed by atoms with Crippen molar-refractivity contribution in [2.75, 3.05) is 19.8 Å². The van der Waals surface area contributed by atoms with E-state index in [9.17, 15) is 9.90 Å². The highest BCUT2D eigenvalue weighted by molar-refractivity contribution is 5.85. The van der Waals surface area contributed by atoms with Crippen LogP contribution in [0.5, 0.6) is 0 Å². The zero-order valence-corrected chi connectivity index (χ0v) is 20.5. The second-order valence-corrected chi connectivity index (χ2v) is 9.32. The van der Waals surface area contributed by atoms with Gasteiger partial charge in [-0.3, -0.25) is 9.69 Å². The molecule has 4 rings (SSSR count). The summed E-state index contributed by atoms with van der Waals surface area (Å²) in [4.78, 5) is 18.4. The number of aliphatic hydroxyl groups is 1. The van der Waals surface area contributed by atoms with E-state index < -0.39 is 0 Å². The molecule has 1 aromatic carbocycles. The average Bonchev–Trinajstić information content (AvgIpc) is 3.51. The molecule has 34 heavy (non-hydrogen) atoms. The summed E-state index contributed by atoms with van der Waals surface area (Å²) >= 11 is 0. The number of nitrogens with one attached hydrogen (secondary N) is 1. The number of aromatic nitrogens is 5. The highest BCUT2D eigenvalue weighted by Crippen LogP contribution is 2.28. The molecule has 2 aromatic heterocycles. The van der Waals surface area contributed by atoms with Gasteiger partial charge in [-0.25, -0.2) is 4.68 Å². The van der Waals surface area contributed by atoms with Gasteiger partial charge < -0.3 is 14.8 Å². The molecule has 0 bridgehead atoms. The van der Waals surface area contributed by atoms with Crippen LogP contribution < -0.4 is 5.56 Å². The molecule has 1 fully saturated rings. The monoisotopic (exact) mass is 468 g/mol. The normalized spacial score (nSPS) is 17.1. The summed E-state index contributed by atoms with van der Waals surface area (Å²) in [5.74, 6) is 0.791. The number of tetrazole rings is 1. The van der Waals surface area contributed by atoms with Crippen LogP contribution in [0.25, 0.3) is 10.9 Å². The zero-order valence-electron chi connectivity index (χ0n) is 20.5. The number of H-pyrrole nitrogens is 1. The number of fused-ring (bicyclic) bond motifs is 1. The van der Waals surface area contributed by atoms with Crippen LogP contribution in [-0.4, -0.2) is 61.1 Å². The molecule has 184 valence electrons. The van der Waals surface area contributed by atoms with E-state index in [0.717, 1.165) is 60.1 Å². The summed E-state index contributed by atoms with van der Waals surface area (Å²) in [6.45, 7) is 8.80. The van der Waals surface area contributed by atoms with Gasteiger partial charge in [0.25, 0.3) is 5.56 Å². The predicted molar refractivity (Wildman–Crippen MR) is 131 cm³/mol. The van der Waals surface area contributed by atoms with Gasteiger partial charge in [0.15, 0.2) is 5.82 Å². The van der Waals surface area contributed by atoms with Crippen molar-refractivity contribution in [1.29, 1.82) is 0 Å². The number of ether oxygens (including phenoxy) is 1. The minimum atomic E-state index is -0.0793. The average molecular weight is 469 g/mol. The summed E-state index contributed by atoms with van der Waals surface area (Å²) in [5.41, 5.74) is 3.70. The Bertz CT molecular complexity index is 1150. The maximum atomic E-state index is 13.1. The van der Waals surface area contributed by atoms with Gasteiger partial charge in [-0.15, -0.1) is 5.10 Å². The van der Waals surface area contributed by atoms with Crippen molar-refractivity contribution in [3.63, 3.8) is 0 Å². The van der Waals surface area contributed by atoms with Crippen LogP contribution in [0.4, 0.5) is 0 Å². The van der Waals surface area contributed by atoms with Gasteiger partial charge in [0.05, 0.1) is 24.2 Å². The van der Waals surface area contributed by atoms with Crippen molar-refractivity contribution >= 4 is 10.9 Å². The van der Waals surface area contributed by atoms with Crippen LogP contribution in [0.2, 0.25) is 0 Å². The van der Waals surface area contributed by atoms with Crippen LogP contribution in [0.15, 0.2) is 23.0 Å². The number of nitrogens with zero attached hydrogens (tertiary/aromatic N) is 5. The van der Waals surface area contributed by atoms with Crippen molar-refractivity contribution < 1.29 is 9.84 Å². The fraction of sp³-hybridized carbons (Fsp3) is 0.600. The highest BCUT2D eigenvalue weighted by atomic mass is 16.5. The fourth-order valence-electron chi connectivity index (χ4n) is 4.88. The van der Waals surface area contributed by atoms with Crippen molar-refractivity contribution in [2.24, 2.45) is 0 Å². The fourth-order valence-corrected chi connectivity index (χ4v) is 4.88. The van der Waals surface area contributed by atoms with E-state index in [1.54, 1.807) is 0 Å². The number of aliphatic hydroxyl groups excluding tert-OH is 1. The lowest BCUT2D eigenvalue weighted by Gasteiger charge is -2.31. The molecule has 0 unspecified atom stereocenters. The lowest BCUT2D eigenvalue weighted by atomic mass is 10.0. The van der Waals surface area contributed by atoms with Crippen molar-refractivity contribution in [1.82, 2.24) is 30.1 Å². The van der Waals surface area contributed by atoms with Gasteiger partial charge in [0.2, 0.25) is 0 Å². The SMILES string of the molecule is CCC[C@@H](c1nnnn1C[C@H]1CCCO1)N(CCCO)Cc1cc2c(C)ccc(C)c2[nH]c1=O. The molecule has 2 atom stereocenters. The number of hydrogen-bond acceptors (Lipinski definition) is 7. The van der Waals surface area contributed by atoms with Crippen LogP contribution in [-0.2, 0) is 17.8 Å². The number of rotatable bonds is 11. The minimum absolute atomic E-state index is 0.0679. The summed E-state index contributed by atoms with van der Waals surface area (Å²) in [7, 11) is 0. The summed E-state index contributed by atoms with van der Waals surface area (Å²) < 4.78 is 7.67. The minimum Gasteiger partial charge on any atom is -0.396 e. The number of hydrogen-bond donors (Lipinski definition) is 2. The van der Waals surface area contributed by atoms with E-state index in [0.29, 0.717) is 31.6 Å². The van der Waals surface area contributed by atoms with Crippen LogP contribution in [0.1, 0.15) is 67.6 Å². The van der Waals surface area contributed by atoms with E-state index >= 15 is 0 Å². The number of pyridine rings is 1. The molecule has 9 nitrogen and oxygen atoms in total. The standard InChI is InChI=1S/C25H36N6O3/c1-4-7-22(24-27-28-29-31(24)16-20-8-5-13-34-20)30(11-6-12-32)15-19-14-21-17(2)9-10-18(3)23(21)26-25(19)33/h9-10,14,20,22,32H,4-8,11-13,15-16H2,1-3H3,(H,26,33)/t20-,22+/m1/s1. The molecule has 0 radical (unpaired) electrons. The largest absolute Gasteiger partial charge is 0.396 e. The second kappa shape index (κ2) is 11.2. The van der Waals surface area contributed by atoms with E-state index in [4.69, 9.17) is 4.74 Å². The molecule has 0 spiro atoms. The van der Waals surface area contributed by atoms with E-state index in [-0.39, 0.29) is 24.3 Å². The molecule has 1 aliphatic heterocycles. The molecule has 0 amide bonds. The first-order chi connectivity index (χ1) is 16.5. The Labute approximate surface area is 200 Å². The van der Waals surface area contributed by atoms with Gasteiger partial charge in [0.1, 0.15) is 0 Å². The molecule has 0 saturated carbocycles. The summed E-state index contributed by atoms with van der Waals surface area (Å²) in [6, 6.07) is 6.07.